The first kappa shape index (κ1) is 5.99. The van der Waals surface area contributed by atoms with Crippen molar-refractivity contribution in [1.29, 1.82) is 0 Å². The van der Waals surface area contributed by atoms with Crippen molar-refractivity contribution in [2.75, 3.05) is 0 Å². The summed E-state index contributed by atoms with van der Waals surface area (Å²) < 4.78 is 5.05. The second kappa shape index (κ2) is 2.14. The van der Waals surface area contributed by atoms with Crippen molar-refractivity contribution >= 4 is 11.1 Å². The van der Waals surface area contributed by atoms with Crippen molar-refractivity contribution < 1.29 is 4.42 Å². The number of terminal acetylenes is 1. The normalized spacial score (nSPS) is 9.73. The van der Waals surface area contributed by atoms with Crippen molar-refractivity contribution in [1.82, 2.24) is 4.98 Å². The average molecular weight is 143 g/mol. The summed E-state index contributed by atoms with van der Waals surface area (Å²) in [6.07, 6.45) is 6.61. The van der Waals surface area contributed by atoms with Gasteiger partial charge in [-0.3, -0.25) is 0 Å². The molecule has 0 aliphatic heterocycles. The maximum atomic E-state index is 5.20. The lowest BCUT2D eigenvalue weighted by Crippen LogP contribution is -1.72. The Morgan fingerprint density at radius 1 is 1.45 bits per heavy atom. The van der Waals surface area contributed by atoms with Gasteiger partial charge in [0.25, 0.3) is 0 Å². The SMILES string of the molecule is C#Cc1ccc2ncoc2c1. The van der Waals surface area contributed by atoms with E-state index in [9.17, 15) is 0 Å². The zero-order valence-corrected chi connectivity index (χ0v) is 5.74. The van der Waals surface area contributed by atoms with Gasteiger partial charge in [-0.25, -0.2) is 4.98 Å². The Kier molecular flexibility index (Phi) is 1.16. The Balaban J connectivity index is 2.79. The molecule has 11 heavy (non-hydrogen) atoms. The van der Waals surface area contributed by atoms with Crippen LogP contribution in [0.5, 0.6) is 0 Å². The summed E-state index contributed by atoms with van der Waals surface area (Å²) in [5.74, 6) is 2.52. The van der Waals surface area contributed by atoms with Crippen LogP contribution in [0.25, 0.3) is 11.1 Å². The van der Waals surface area contributed by atoms with Gasteiger partial charge in [0.2, 0.25) is 0 Å². The fraction of sp³-hybridized carbons (Fsp3) is 0. The van der Waals surface area contributed by atoms with Gasteiger partial charge in [-0.05, 0) is 18.2 Å². The van der Waals surface area contributed by atoms with Crippen LogP contribution in [0.3, 0.4) is 0 Å². The molecule has 0 unspecified atom stereocenters. The Morgan fingerprint density at radius 2 is 2.36 bits per heavy atom. The minimum atomic E-state index is 0.737. The number of fused-ring (bicyclic) bond motifs is 1. The predicted molar refractivity (Wildman–Crippen MR) is 41.9 cm³/mol. The smallest absolute Gasteiger partial charge is 0.181 e. The molecule has 2 rings (SSSR count). The molecule has 1 heterocycles. The van der Waals surface area contributed by atoms with E-state index in [4.69, 9.17) is 10.8 Å². The molecule has 2 nitrogen and oxygen atoms in total. The number of nitrogens with zero attached hydrogens (tertiary/aromatic N) is 1. The molecule has 1 aromatic heterocycles. The van der Waals surface area contributed by atoms with Crippen molar-refractivity contribution in [2.24, 2.45) is 0 Å². The van der Waals surface area contributed by atoms with Gasteiger partial charge < -0.3 is 4.42 Å². The van der Waals surface area contributed by atoms with Gasteiger partial charge >= 0.3 is 0 Å². The van der Waals surface area contributed by atoms with E-state index in [-0.39, 0.29) is 0 Å². The molecule has 52 valence electrons. The van der Waals surface area contributed by atoms with E-state index >= 15 is 0 Å². The van der Waals surface area contributed by atoms with E-state index in [2.05, 4.69) is 10.9 Å². The van der Waals surface area contributed by atoms with Crippen LogP contribution in [0.4, 0.5) is 0 Å². The van der Waals surface area contributed by atoms with Crippen molar-refractivity contribution in [3.63, 3.8) is 0 Å². The van der Waals surface area contributed by atoms with E-state index < -0.39 is 0 Å². The zero-order chi connectivity index (χ0) is 7.68. The van der Waals surface area contributed by atoms with Gasteiger partial charge in [0, 0.05) is 5.56 Å². The molecular weight excluding hydrogens is 138 g/mol. The van der Waals surface area contributed by atoms with E-state index in [0.717, 1.165) is 16.7 Å². The summed E-state index contributed by atoms with van der Waals surface area (Å²) in [6.45, 7) is 0. The largest absolute Gasteiger partial charge is 0.443 e. The summed E-state index contributed by atoms with van der Waals surface area (Å²) in [5, 5.41) is 0. The molecule has 0 amide bonds. The van der Waals surface area contributed by atoms with Crippen LogP contribution < -0.4 is 0 Å². The van der Waals surface area contributed by atoms with Crippen molar-refractivity contribution in [3.05, 3.63) is 30.2 Å². The molecular formula is C9H5NO. The lowest BCUT2D eigenvalue weighted by atomic mass is 10.2. The second-order valence-corrected chi connectivity index (χ2v) is 2.18. The van der Waals surface area contributed by atoms with E-state index in [1.54, 1.807) is 6.07 Å². The van der Waals surface area contributed by atoms with Gasteiger partial charge in [0.1, 0.15) is 5.52 Å². The maximum Gasteiger partial charge on any atom is 0.181 e. The van der Waals surface area contributed by atoms with Crippen LogP contribution >= 0.6 is 0 Å². The van der Waals surface area contributed by atoms with Crippen LogP contribution in [-0.2, 0) is 0 Å². The fourth-order valence-electron chi connectivity index (χ4n) is 0.945. The quantitative estimate of drug-likeness (QED) is 0.525. The number of oxazole rings is 1. The highest BCUT2D eigenvalue weighted by Crippen LogP contribution is 2.12. The minimum absolute atomic E-state index is 0.737. The summed E-state index contributed by atoms with van der Waals surface area (Å²) >= 11 is 0. The molecule has 0 radical (unpaired) electrons. The third-order valence-corrected chi connectivity index (χ3v) is 1.50. The predicted octanol–water partition coefficient (Wildman–Crippen LogP) is 1.81. The summed E-state index contributed by atoms with van der Waals surface area (Å²) in [5.41, 5.74) is 2.39. The number of benzene rings is 1. The Bertz CT molecular complexity index is 422. The highest BCUT2D eigenvalue weighted by atomic mass is 16.3. The van der Waals surface area contributed by atoms with Gasteiger partial charge in [-0.2, -0.15) is 0 Å². The number of aromatic nitrogens is 1. The van der Waals surface area contributed by atoms with Gasteiger partial charge in [0.15, 0.2) is 12.0 Å². The lowest BCUT2D eigenvalue weighted by Gasteiger charge is -1.87. The molecule has 2 heteroatoms. The van der Waals surface area contributed by atoms with E-state index in [1.807, 2.05) is 12.1 Å². The van der Waals surface area contributed by atoms with Gasteiger partial charge in [0.05, 0.1) is 0 Å². The Morgan fingerprint density at radius 3 is 3.18 bits per heavy atom. The molecule has 1 aromatic carbocycles. The highest BCUT2D eigenvalue weighted by Gasteiger charge is 1.96. The number of hydrogen-bond acceptors (Lipinski definition) is 2. The van der Waals surface area contributed by atoms with Crippen LogP contribution in [0.2, 0.25) is 0 Å². The molecule has 0 N–H and O–H groups in total. The first-order valence-corrected chi connectivity index (χ1v) is 3.20. The zero-order valence-electron chi connectivity index (χ0n) is 5.74. The number of rotatable bonds is 0. The maximum absolute atomic E-state index is 5.20. The van der Waals surface area contributed by atoms with Crippen LogP contribution in [0.15, 0.2) is 29.0 Å². The molecule has 0 bridgehead atoms. The molecule has 0 aliphatic carbocycles. The van der Waals surface area contributed by atoms with Gasteiger partial charge in [-0.1, -0.05) is 5.92 Å². The third-order valence-electron chi connectivity index (χ3n) is 1.50. The average Bonchev–Trinajstić information content (AvgIpc) is 2.50. The number of hydrogen-bond donors (Lipinski definition) is 0. The first-order valence-electron chi connectivity index (χ1n) is 3.20. The molecule has 0 fully saturated rings. The van der Waals surface area contributed by atoms with Crippen LogP contribution in [0.1, 0.15) is 5.56 Å². The highest BCUT2D eigenvalue weighted by molar-refractivity contribution is 5.73. The summed E-state index contributed by atoms with van der Waals surface area (Å²) in [4.78, 5) is 3.96. The second-order valence-electron chi connectivity index (χ2n) is 2.18. The molecule has 0 spiro atoms. The lowest BCUT2D eigenvalue weighted by molar-refractivity contribution is 0.602. The van der Waals surface area contributed by atoms with E-state index in [0.29, 0.717) is 0 Å². The standard InChI is InChI=1S/C9H5NO/c1-2-7-3-4-8-9(5-7)11-6-10-8/h1,3-6H. The monoisotopic (exact) mass is 143 g/mol. The van der Waals surface area contributed by atoms with Gasteiger partial charge in [-0.15, -0.1) is 6.42 Å². The fourth-order valence-corrected chi connectivity index (χ4v) is 0.945. The van der Waals surface area contributed by atoms with Crippen LogP contribution in [0, 0.1) is 12.3 Å². The Hall–Kier alpha value is -1.75. The topological polar surface area (TPSA) is 26.0 Å². The minimum Gasteiger partial charge on any atom is -0.443 e. The van der Waals surface area contributed by atoms with Crippen molar-refractivity contribution in [3.8, 4) is 12.3 Å². The van der Waals surface area contributed by atoms with E-state index in [1.165, 1.54) is 6.39 Å². The molecule has 0 atom stereocenters. The Labute approximate surface area is 63.9 Å². The van der Waals surface area contributed by atoms with Crippen LogP contribution in [-0.4, -0.2) is 4.98 Å². The summed E-state index contributed by atoms with van der Waals surface area (Å²) in [6, 6.07) is 5.47. The molecule has 0 saturated heterocycles. The summed E-state index contributed by atoms with van der Waals surface area (Å²) in [7, 11) is 0. The van der Waals surface area contributed by atoms with Crippen molar-refractivity contribution in [2.45, 2.75) is 0 Å². The third kappa shape index (κ3) is 0.870. The first-order chi connectivity index (χ1) is 5.40. The molecule has 2 aromatic rings. The molecule has 0 aliphatic rings. The molecule has 0 saturated carbocycles.